The Morgan fingerprint density at radius 2 is 1.85 bits per heavy atom. The molecule has 0 aliphatic heterocycles. The number of rotatable bonds is 5. The number of methoxy groups -OCH3 is 2. The fraction of sp³-hybridized carbons (Fsp3) is 0.267. The summed E-state index contributed by atoms with van der Waals surface area (Å²) in [5.74, 6) is 1.21. The Labute approximate surface area is 117 Å². The van der Waals surface area contributed by atoms with E-state index >= 15 is 0 Å². The molecule has 106 valence electrons. The van der Waals surface area contributed by atoms with Crippen LogP contribution < -0.4 is 14.8 Å². The first-order chi connectivity index (χ1) is 9.65. The average Bonchev–Trinajstić information content (AvgIpc) is 2.47. The summed E-state index contributed by atoms with van der Waals surface area (Å²) < 4.78 is 24.4. The van der Waals surface area contributed by atoms with Crippen LogP contribution in [0, 0.1) is 5.82 Å². The van der Waals surface area contributed by atoms with Gasteiger partial charge in [-0.05, 0) is 25.1 Å². The van der Waals surface area contributed by atoms with E-state index in [1.165, 1.54) is 20.3 Å². The van der Waals surface area contributed by atoms with Gasteiger partial charge in [-0.25, -0.2) is 9.37 Å². The van der Waals surface area contributed by atoms with Gasteiger partial charge in [-0.3, -0.25) is 0 Å². The van der Waals surface area contributed by atoms with Gasteiger partial charge >= 0.3 is 0 Å². The summed E-state index contributed by atoms with van der Waals surface area (Å²) in [4.78, 5) is 4.16. The minimum atomic E-state index is -0.349. The minimum absolute atomic E-state index is 0.246. The van der Waals surface area contributed by atoms with Crippen molar-refractivity contribution in [3.63, 3.8) is 0 Å². The van der Waals surface area contributed by atoms with Crippen LogP contribution in [-0.2, 0) is 0 Å². The molecular weight excluding hydrogens is 259 g/mol. The highest BCUT2D eigenvalue weighted by Gasteiger charge is 2.16. The van der Waals surface area contributed by atoms with Gasteiger partial charge < -0.3 is 14.8 Å². The van der Waals surface area contributed by atoms with Crippen molar-refractivity contribution in [1.29, 1.82) is 0 Å². The van der Waals surface area contributed by atoms with Crippen molar-refractivity contribution < 1.29 is 13.9 Å². The van der Waals surface area contributed by atoms with E-state index in [1.54, 1.807) is 12.3 Å². The third-order valence-electron chi connectivity index (χ3n) is 3.00. The highest BCUT2D eigenvalue weighted by molar-refractivity contribution is 5.46. The minimum Gasteiger partial charge on any atom is -0.493 e. The lowest BCUT2D eigenvalue weighted by Crippen LogP contribution is -2.10. The van der Waals surface area contributed by atoms with Crippen molar-refractivity contribution in [3.8, 4) is 11.5 Å². The molecule has 2 rings (SSSR count). The lowest BCUT2D eigenvalue weighted by Gasteiger charge is -2.17. The molecule has 1 heterocycles. The van der Waals surface area contributed by atoms with Crippen LogP contribution in [0.4, 0.5) is 10.2 Å². The fourth-order valence-electron chi connectivity index (χ4n) is 1.95. The van der Waals surface area contributed by atoms with Gasteiger partial charge in [0, 0.05) is 17.8 Å². The lowest BCUT2D eigenvalue weighted by molar-refractivity contribution is 0.351. The van der Waals surface area contributed by atoms with Crippen LogP contribution in [0.25, 0.3) is 0 Å². The summed E-state index contributed by atoms with van der Waals surface area (Å²) in [5.41, 5.74) is 0.494. The predicted octanol–water partition coefficient (Wildman–Crippen LogP) is 3.41. The summed E-state index contributed by atoms with van der Waals surface area (Å²) in [5, 5.41) is 3.14. The van der Waals surface area contributed by atoms with Gasteiger partial charge in [0.05, 0.1) is 20.3 Å². The molecule has 1 N–H and O–H groups in total. The normalized spacial score (nSPS) is 11.8. The number of nitrogens with zero attached hydrogens (tertiary/aromatic N) is 1. The quantitative estimate of drug-likeness (QED) is 0.908. The van der Waals surface area contributed by atoms with Crippen LogP contribution in [0.1, 0.15) is 18.5 Å². The molecule has 0 spiro atoms. The second-order valence-electron chi connectivity index (χ2n) is 4.31. The predicted molar refractivity (Wildman–Crippen MR) is 75.8 cm³/mol. The SMILES string of the molecule is COc1cc(F)c(C(C)Nc2ccccn2)cc1OC. The summed E-state index contributed by atoms with van der Waals surface area (Å²) in [6, 6.07) is 8.24. The lowest BCUT2D eigenvalue weighted by atomic mass is 10.1. The first kappa shape index (κ1) is 14.1. The maximum absolute atomic E-state index is 14.1. The Hall–Kier alpha value is -2.30. The molecule has 0 amide bonds. The number of halogens is 1. The number of pyridine rings is 1. The molecule has 5 heteroatoms. The van der Waals surface area contributed by atoms with Crippen LogP contribution in [0.5, 0.6) is 11.5 Å². The van der Waals surface area contributed by atoms with Crippen molar-refractivity contribution in [2.24, 2.45) is 0 Å². The van der Waals surface area contributed by atoms with Crippen LogP contribution in [0.3, 0.4) is 0 Å². The standard InChI is InChI=1S/C15H17FN2O2/c1-10(18-15-6-4-5-7-17-15)11-8-13(19-2)14(20-3)9-12(11)16/h4-10H,1-3H3,(H,17,18). The number of hydrogen-bond donors (Lipinski definition) is 1. The van der Waals surface area contributed by atoms with Crippen LogP contribution >= 0.6 is 0 Å². The number of ether oxygens (including phenoxy) is 2. The zero-order valence-corrected chi connectivity index (χ0v) is 11.7. The van der Waals surface area contributed by atoms with E-state index in [9.17, 15) is 4.39 Å². The summed E-state index contributed by atoms with van der Waals surface area (Å²) >= 11 is 0. The molecule has 0 saturated carbocycles. The molecule has 1 aromatic carbocycles. The summed E-state index contributed by atoms with van der Waals surface area (Å²) in [6.07, 6.45) is 1.68. The molecule has 0 aliphatic carbocycles. The zero-order valence-electron chi connectivity index (χ0n) is 11.7. The number of hydrogen-bond acceptors (Lipinski definition) is 4. The molecule has 4 nitrogen and oxygen atoms in total. The maximum atomic E-state index is 14.1. The smallest absolute Gasteiger partial charge is 0.163 e. The van der Waals surface area contributed by atoms with Gasteiger partial charge in [-0.15, -0.1) is 0 Å². The fourth-order valence-corrected chi connectivity index (χ4v) is 1.95. The van der Waals surface area contributed by atoms with E-state index in [4.69, 9.17) is 9.47 Å². The van der Waals surface area contributed by atoms with Gasteiger partial charge in [0.15, 0.2) is 11.5 Å². The van der Waals surface area contributed by atoms with E-state index < -0.39 is 0 Å². The van der Waals surface area contributed by atoms with Gasteiger partial charge in [0.2, 0.25) is 0 Å². The Morgan fingerprint density at radius 3 is 2.45 bits per heavy atom. The molecular formula is C15H17FN2O2. The highest BCUT2D eigenvalue weighted by Crippen LogP contribution is 2.33. The van der Waals surface area contributed by atoms with Crippen molar-refractivity contribution in [2.45, 2.75) is 13.0 Å². The zero-order chi connectivity index (χ0) is 14.5. The molecule has 2 aromatic rings. The average molecular weight is 276 g/mol. The van der Waals surface area contributed by atoms with E-state index in [2.05, 4.69) is 10.3 Å². The third kappa shape index (κ3) is 2.99. The molecule has 0 aliphatic rings. The van der Waals surface area contributed by atoms with Gasteiger partial charge in [-0.2, -0.15) is 0 Å². The van der Waals surface area contributed by atoms with Crippen LogP contribution in [0.15, 0.2) is 36.5 Å². The Bertz CT molecular complexity index is 576. The second kappa shape index (κ2) is 6.23. The number of benzene rings is 1. The topological polar surface area (TPSA) is 43.4 Å². The first-order valence-corrected chi connectivity index (χ1v) is 6.24. The molecule has 1 aromatic heterocycles. The van der Waals surface area contributed by atoms with E-state index in [0.29, 0.717) is 22.9 Å². The highest BCUT2D eigenvalue weighted by atomic mass is 19.1. The molecule has 0 saturated heterocycles. The van der Waals surface area contributed by atoms with Gasteiger partial charge in [0.25, 0.3) is 0 Å². The van der Waals surface area contributed by atoms with E-state index in [0.717, 1.165) is 0 Å². The molecule has 0 radical (unpaired) electrons. The van der Waals surface area contributed by atoms with E-state index in [-0.39, 0.29) is 11.9 Å². The summed E-state index contributed by atoms with van der Waals surface area (Å²) in [6.45, 7) is 1.86. The Kier molecular flexibility index (Phi) is 4.40. The van der Waals surface area contributed by atoms with Crippen molar-refractivity contribution in [1.82, 2.24) is 4.98 Å². The van der Waals surface area contributed by atoms with Gasteiger partial charge in [-0.1, -0.05) is 6.07 Å². The molecule has 1 atom stereocenters. The molecule has 1 unspecified atom stereocenters. The monoisotopic (exact) mass is 276 g/mol. The summed E-state index contributed by atoms with van der Waals surface area (Å²) in [7, 11) is 3.00. The van der Waals surface area contributed by atoms with E-state index in [1.807, 2.05) is 25.1 Å². The number of aromatic nitrogens is 1. The van der Waals surface area contributed by atoms with Gasteiger partial charge in [0.1, 0.15) is 11.6 Å². The van der Waals surface area contributed by atoms with Crippen molar-refractivity contribution in [2.75, 3.05) is 19.5 Å². The number of anilines is 1. The Morgan fingerprint density at radius 1 is 1.15 bits per heavy atom. The van der Waals surface area contributed by atoms with Crippen LogP contribution in [-0.4, -0.2) is 19.2 Å². The van der Waals surface area contributed by atoms with Crippen LogP contribution in [0.2, 0.25) is 0 Å². The van der Waals surface area contributed by atoms with Crippen molar-refractivity contribution in [3.05, 3.63) is 47.9 Å². The second-order valence-corrected chi connectivity index (χ2v) is 4.31. The first-order valence-electron chi connectivity index (χ1n) is 6.24. The molecule has 20 heavy (non-hydrogen) atoms. The molecule has 0 bridgehead atoms. The Balaban J connectivity index is 2.27. The maximum Gasteiger partial charge on any atom is 0.163 e. The van der Waals surface area contributed by atoms with Crippen molar-refractivity contribution >= 4 is 5.82 Å². The largest absolute Gasteiger partial charge is 0.493 e. The third-order valence-corrected chi connectivity index (χ3v) is 3.00. The number of nitrogens with one attached hydrogen (secondary N) is 1. The molecule has 0 fully saturated rings.